The second kappa shape index (κ2) is 10.9. The number of pyridine rings is 1. The Labute approximate surface area is 204 Å². The predicted molar refractivity (Wildman–Crippen MR) is 133 cm³/mol. The normalized spacial score (nSPS) is 15.0. The first kappa shape index (κ1) is 24.9. The van der Waals surface area contributed by atoms with Crippen LogP contribution in [0.15, 0.2) is 41.6 Å². The van der Waals surface area contributed by atoms with Crippen LogP contribution in [0.25, 0.3) is 0 Å². The number of anilines is 2. The molecule has 1 aliphatic rings. The number of rotatable bonds is 9. The lowest BCUT2D eigenvalue weighted by atomic mass is 10.1. The molecule has 0 N–H and O–H groups in total. The third-order valence-electron chi connectivity index (χ3n) is 5.37. The number of nitro groups is 1. The highest BCUT2D eigenvalue weighted by atomic mass is 79.9. The summed E-state index contributed by atoms with van der Waals surface area (Å²) in [6.07, 6.45) is 3.41. The van der Waals surface area contributed by atoms with Gasteiger partial charge in [-0.15, -0.1) is 0 Å². The van der Waals surface area contributed by atoms with Crippen LogP contribution in [0.5, 0.6) is 0 Å². The van der Waals surface area contributed by atoms with Crippen LogP contribution < -0.4 is 9.80 Å². The van der Waals surface area contributed by atoms with E-state index in [2.05, 4.69) is 41.7 Å². The molecule has 32 heavy (non-hydrogen) atoms. The minimum absolute atomic E-state index is 0.0107. The van der Waals surface area contributed by atoms with E-state index >= 15 is 0 Å². The summed E-state index contributed by atoms with van der Waals surface area (Å²) in [7, 11) is -3.94. The lowest BCUT2D eigenvalue weighted by molar-refractivity contribution is -0.385. The molecule has 1 saturated heterocycles. The second-order valence-corrected chi connectivity index (χ2v) is 10.8. The standard InChI is InChI=1S/C20H25Br2N5O4S/c1-16-14-18(27(28)29)15-19(20(16)25(8-4-21)9-5-22)32(30,31)26-12-10-24(11-13-26)17-2-6-23-7-3-17/h2-3,6-7,14-15H,4-5,8-13H2,1H3. The topological polar surface area (TPSA) is 99.9 Å². The van der Waals surface area contributed by atoms with Gasteiger partial charge in [-0.05, 0) is 24.6 Å². The molecular formula is C20H25Br2N5O4S. The fourth-order valence-electron chi connectivity index (χ4n) is 3.86. The quantitative estimate of drug-likeness (QED) is 0.251. The Morgan fingerprint density at radius 2 is 1.69 bits per heavy atom. The van der Waals surface area contributed by atoms with Crippen LogP contribution in [0.4, 0.5) is 17.1 Å². The van der Waals surface area contributed by atoms with Crippen molar-refractivity contribution in [2.24, 2.45) is 0 Å². The molecule has 9 nitrogen and oxygen atoms in total. The third kappa shape index (κ3) is 5.41. The van der Waals surface area contributed by atoms with E-state index in [1.807, 2.05) is 17.0 Å². The van der Waals surface area contributed by atoms with Gasteiger partial charge in [0.25, 0.3) is 5.69 Å². The zero-order valence-corrected chi connectivity index (χ0v) is 21.6. The van der Waals surface area contributed by atoms with Crippen molar-refractivity contribution in [2.75, 3.05) is 59.7 Å². The molecular weight excluding hydrogens is 566 g/mol. The summed E-state index contributed by atoms with van der Waals surface area (Å²) in [5.74, 6) is 0. The van der Waals surface area contributed by atoms with E-state index in [1.54, 1.807) is 19.3 Å². The van der Waals surface area contributed by atoms with Crippen LogP contribution in [0.2, 0.25) is 0 Å². The maximum atomic E-state index is 13.7. The Kier molecular flexibility index (Phi) is 8.48. The van der Waals surface area contributed by atoms with Gasteiger partial charge in [-0.2, -0.15) is 4.31 Å². The van der Waals surface area contributed by atoms with Gasteiger partial charge in [-0.1, -0.05) is 31.9 Å². The summed E-state index contributed by atoms with van der Waals surface area (Å²) in [5, 5.41) is 12.8. The molecule has 174 valence electrons. The number of alkyl halides is 2. The molecule has 0 bridgehead atoms. The molecule has 2 aromatic rings. The number of piperazine rings is 1. The van der Waals surface area contributed by atoms with Crippen molar-refractivity contribution in [3.05, 3.63) is 52.3 Å². The van der Waals surface area contributed by atoms with Gasteiger partial charge >= 0.3 is 0 Å². The van der Waals surface area contributed by atoms with E-state index in [9.17, 15) is 18.5 Å². The van der Waals surface area contributed by atoms with Gasteiger partial charge < -0.3 is 9.80 Å². The number of hydrogen-bond donors (Lipinski definition) is 0. The monoisotopic (exact) mass is 589 g/mol. The van der Waals surface area contributed by atoms with Gasteiger partial charge in [0.2, 0.25) is 10.0 Å². The zero-order chi connectivity index (χ0) is 23.3. The minimum Gasteiger partial charge on any atom is -0.369 e. The van der Waals surface area contributed by atoms with Crippen LogP contribution in [0.3, 0.4) is 0 Å². The van der Waals surface area contributed by atoms with Crippen LogP contribution in [-0.2, 0) is 10.0 Å². The van der Waals surface area contributed by atoms with E-state index < -0.39 is 14.9 Å². The van der Waals surface area contributed by atoms with Crippen molar-refractivity contribution >= 4 is 58.9 Å². The van der Waals surface area contributed by atoms with Crippen LogP contribution in [0.1, 0.15) is 5.56 Å². The number of hydrogen-bond acceptors (Lipinski definition) is 7. The summed E-state index contributed by atoms with van der Waals surface area (Å²) in [5.41, 5.74) is 1.85. The first-order valence-electron chi connectivity index (χ1n) is 10.1. The van der Waals surface area contributed by atoms with Gasteiger partial charge in [-0.25, -0.2) is 8.42 Å². The van der Waals surface area contributed by atoms with E-state index in [0.29, 0.717) is 61.2 Å². The predicted octanol–water partition coefficient (Wildman–Crippen LogP) is 3.41. The first-order valence-corrected chi connectivity index (χ1v) is 13.8. The summed E-state index contributed by atoms with van der Waals surface area (Å²) >= 11 is 6.85. The molecule has 1 aromatic carbocycles. The third-order valence-corrected chi connectivity index (χ3v) is 7.99. The van der Waals surface area contributed by atoms with Crippen molar-refractivity contribution in [1.82, 2.24) is 9.29 Å². The molecule has 2 heterocycles. The van der Waals surface area contributed by atoms with Gasteiger partial charge in [0.15, 0.2) is 0 Å². The lowest BCUT2D eigenvalue weighted by Crippen LogP contribution is -2.49. The SMILES string of the molecule is Cc1cc([N+](=O)[O-])cc(S(=O)(=O)N2CCN(c3ccncc3)CC2)c1N(CCBr)CCBr. The van der Waals surface area contributed by atoms with Gasteiger partial charge in [0, 0.05) is 80.1 Å². The summed E-state index contributed by atoms with van der Waals surface area (Å²) in [6, 6.07) is 6.42. The molecule has 0 aliphatic carbocycles. The Bertz CT molecular complexity index is 1040. The average molecular weight is 591 g/mol. The maximum absolute atomic E-state index is 13.7. The first-order chi connectivity index (χ1) is 15.3. The molecule has 3 rings (SSSR count). The van der Waals surface area contributed by atoms with Gasteiger partial charge in [0.1, 0.15) is 4.90 Å². The zero-order valence-electron chi connectivity index (χ0n) is 17.7. The van der Waals surface area contributed by atoms with Crippen molar-refractivity contribution in [1.29, 1.82) is 0 Å². The van der Waals surface area contributed by atoms with Gasteiger partial charge in [-0.3, -0.25) is 15.1 Å². The number of aromatic nitrogens is 1. The molecule has 0 amide bonds. The number of aryl methyl sites for hydroxylation is 1. The molecule has 0 atom stereocenters. The van der Waals surface area contributed by atoms with Crippen LogP contribution >= 0.6 is 31.9 Å². The molecule has 0 radical (unpaired) electrons. The van der Waals surface area contributed by atoms with E-state index in [-0.39, 0.29) is 10.6 Å². The molecule has 1 aliphatic heterocycles. The van der Waals surface area contributed by atoms with Crippen LogP contribution in [-0.4, -0.2) is 72.6 Å². The van der Waals surface area contributed by atoms with E-state index in [4.69, 9.17) is 0 Å². The number of non-ortho nitro benzene ring substituents is 1. The number of sulfonamides is 1. The summed E-state index contributed by atoms with van der Waals surface area (Å²) < 4.78 is 28.9. The number of benzene rings is 1. The fourth-order valence-corrected chi connectivity index (χ4v) is 6.44. The highest BCUT2D eigenvalue weighted by Gasteiger charge is 2.34. The van der Waals surface area contributed by atoms with Crippen molar-refractivity contribution in [2.45, 2.75) is 11.8 Å². The molecule has 1 aromatic heterocycles. The largest absolute Gasteiger partial charge is 0.369 e. The summed E-state index contributed by atoms with van der Waals surface area (Å²) in [4.78, 5) is 19.0. The molecule has 0 saturated carbocycles. The number of halogens is 2. The Balaban J connectivity index is 1.98. The van der Waals surface area contributed by atoms with Crippen molar-refractivity contribution in [3.8, 4) is 0 Å². The van der Waals surface area contributed by atoms with Gasteiger partial charge in [0.05, 0.1) is 10.6 Å². The molecule has 12 heteroatoms. The van der Waals surface area contributed by atoms with E-state index in [0.717, 1.165) is 5.69 Å². The molecule has 0 spiro atoms. The van der Waals surface area contributed by atoms with Crippen molar-refractivity contribution in [3.63, 3.8) is 0 Å². The number of nitro benzene ring substituents is 1. The highest BCUT2D eigenvalue weighted by Crippen LogP contribution is 2.36. The van der Waals surface area contributed by atoms with Crippen LogP contribution in [0, 0.1) is 17.0 Å². The second-order valence-electron chi connectivity index (χ2n) is 7.33. The lowest BCUT2D eigenvalue weighted by Gasteiger charge is -2.36. The maximum Gasteiger partial charge on any atom is 0.271 e. The highest BCUT2D eigenvalue weighted by molar-refractivity contribution is 9.09. The molecule has 1 fully saturated rings. The Hall–Kier alpha value is -1.76. The Morgan fingerprint density at radius 1 is 1.09 bits per heavy atom. The fraction of sp³-hybridized carbons (Fsp3) is 0.450. The minimum atomic E-state index is -3.94. The smallest absolute Gasteiger partial charge is 0.271 e. The number of nitrogens with zero attached hydrogens (tertiary/aromatic N) is 5. The average Bonchev–Trinajstić information content (AvgIpc) is 2.79. The van der Waals surface area contributed by atoms with Crippen molar-refractivity contribution < 1.29 is 13.3 Å². The molecule has 0 unspecified atom stereocenters. The van der Waals surface area contributed by atoms with E-state index in [1.165, 1.54) is 16.4 Å². The summed E-state index contributed by atoms with van der Waals surface area (Å²) in [6.45, 7) is 4.51. The Morgan fingerprint density at radius 3 is 2.22 bits per heavy atom.